The molecule has 0 bridgehead atoms. The Hall–Kier alpha value is -0.440. The Morgan fingerprint density at radius 2 is 2.67 bits per heavy atom. The van der Waals surface area contributed by atoms with Crippen LogP contribution in [0, 0.1) is 0 Å². The fourth-order valence-corrected chi connectivity index (χ4v) is 1.41. The molecule has 0 unspecified atom stereocenters. The van der Waals surface area contributed by atoms with E-state index in [4.69, 9.17) is 0 Å². The quantitative estimate of drug-likeness (QED) is 0.595. The molecule has 0 spiro atoms. The van der Waals surface area contributed by atoms with Crippen LogP contribution in [0.4, 0.5) is 0 Å². The molecule has 1 amide bonds. The molecule has 3 heteroatoms. The summed E-state index contributed by atoms with van der Waals surface area (Å²) >= 11 is 1.58. The van der Waals surface area contributed by atoms with Crippen molar-refractivity contribution in [1.29, 1.82) is 0 Å². The number of nitrogens with one attached hydrogen (secondary N) is 1. The van der Waals surface area contributed by atoms with Gasteiger partial charge in [-0.2, -0.15) is 0 Å². The summed E-state index contributed by atoms with van der Waals surface area (Å²) < 4.78 is 0. The van der Waals surface area contributed by atoms with E-state index in [9.17, 15) is 4.79 Å². The molecule has 1 aliphatic rings. The van der Waals surface area contributed by atoms with Crippen LogP contribution in [-0.2, 0) is 4.79 Å². The molecule has 1 aliphatic heterocycles. The van der Waals surface area contributed by atoms with Gasteiger partial charge in [0.15, 0.2) is 0 Å². The van der Waals surface area contributed by atoms with Crippen LogP contribution in [0.25, 0.3) is 0 Å². The van der Waals surface area contributed by atoms with Crippen molar-refractivity contribution >= 4 is 17.7 Å². The predicted molar refractivity (Wildman–Crippen MR) is 39.0 cm³/mol. The Labute approximate surface area is 58.7 Å². The summed E-state index contributed by atoms with van der Waals surface area (Å²) in [5.41, 5.74) is 0. The highest BCUT2D eigenvalue weighted by atomic mass is 32.2. The molecule has 0 aromatic heterocycles. The van der Waals surface area contributed by atoms with E-state index in [1.165, 1.54) is 0 Å². The van der Waals surface area contributed by atoms with Crippen molar-refractivity contribution in [2.45, 2.75) is 18.6 Å². The zero-order valence-corrected chi connectivity index (χ0v) is 6.07. The third kappa shape index (κ3) is 1.48. The van der Waals surface area contributed by atoms with Gasteiger partial charge in [-0.05, 0) is 11.8 Å². The van der Waals surface area contributed by atoms with Crippen molar-refractivity contribution in [3.8, 4) is 0 Å². The highest BCUT2D eigenvalue weighted by Gasteiger charge is 2.16. The monoisotopic (exact) mass is 143 g/mol. The zero-order valence-electron chi connectivity index (χ0n) is 5.26. The molecule has 1 heterocycles. The largest absolute Gasteiger partial charge is 0.331 e. The Balaban J connectivity index is 2.53. The maximum absolute atomic E-state index is 10.8. The summed E-state index contributed by atoms with van der Waals surface area (Å²) in [5.74, 6) is 0.130. The van der Waals surface area contributed by atoms with Gasteiger partial charge in [-0.15, -0.1) is 11.8 Å². The molecule has 50 valence electrons. The van der Waals surface area contributed by atoms with Crippen molar-refractivity contribution in [3.63, 3.8) is 0 Å². The van der Waals surface area contributed by atoms with Gasteiger partial charge in [0.2, 0.25) is 5.91 Å². The molecule has 0 aliphatic carbocycles. The lowest BCUT2D eigenvalue weighted by Crippen LogP contribution is -2.30. The summed E-state index contributed by atoms with van der Waals surface area (Å²) in [6, 6.07) is 0. The third-order valence-electron chi connectivity index (χ3n) is 1.20. The Morgan fingerprint density at radius 3 is 3.11 bits per heavy atom. The lowest BCUT2D eigenvalue weighted by molar-refractivity contribution is -0.119. The molecule has 0 aromatic rings. The fraction of sp³-hybridized carbons (Fsp3) is 0.500. The number of carbonyl (C=O) groups is 1. The van der Waals surface area contributed by atoms with Gasteiger partial charge in [-0.25, -0.2) is 0 Å². The number of thioether (sulfide) groups is 1. The van der Waals surface area contributed by atoms with Crippen molar-refractivity contribution in [3.05, 3.63) is 11.6 Å². The SMILES string of the molecule is CC[C@@H]1SC=CNC1=O. The number of amides is 1. The average molecular weight is 143 g/mol. The number of hydrogen-bond donors (Lipinski definition) is 1. The smallest absolute Gasteiger partial charge is 0.237 e. The molecule has 1 rings (SSSR count). The minimum atomic E-state index is 0.130. The number of hydrogen-bond acceptors (Lipinski definition) is 2. The van der Waals surface area contributed by atoms with Crippen LogP contribution in [0.5, 0.6) is 0 Å². The van der Waals surface area contributed by atoms with Crippen LogP contribution in [-0.4, -0.2) is 11.2 Å². The van der Waals surface area contributed by atoms with Gasteiger partial charge >= 0.3 is 0 Å². The van der Waals surface area contributed by atoms with E-state index in [2.05, 4.69) is 5.32 Å². The minimum Gasteiger partial charge on any atom is -0.331 e. The van der Waals surface area contributed by atoms with E-state index >= 15 is 0 Å². The van der Waals surface area contributed by atoms with Crippen LogP contribution in [0.3, 0.4) is 0 Å². The molecule has 0 fully saturated rings. The molecule has 9 heavy (non-hydrogen) atoms. The highest BCUT2D eigenvalue weighted by Crippen LogP contribution is 2.18. The van der Waals surface area contributed by atoms with Crippen molar-refractivity contribution in [2.75, 3.05) is 0 Å². The van der Waals surface area contributed by atoms with Crippen LogP contribution in [0.15, 0.2) is 11.6 Å². The molecular weight excluding hydrogens is 134 g/mol. The van der Waals surface area contributed by atoms with Crippen LogP contribution in [0.1, 0.15) is 13.3 Å². The van der Waals surface area contributed by atoms with Gasteiger partial charge in [0.1, 0.15) is 0 Å². The lowest BCUT2D eigenvalue weighted by atomic mass is 10.3. The minimum absolute atomic E-state index is 0.130. The second kappa shape index (κ2) is 2.92. The van der Waals surface area contributed by atoms with Crippen LogP contribution in [0.2, 0.25) is 0 Å². The Kier molecular flexibility index (Phi) is 2.16. The first-order chi connectivity index (χ1) is 4.34. The molecule has 0 aromatic carbocycles. The second-order valence-electron chi connectivity index (χ2n) is 1.84. The molecule has 1 N–H and O–H groups in total. The summed E-state index contributed by atoms with van der Waals surface area (Å²) in [6.07, 6.45) is 2.58. The average Bonchev–Trinajstić information content (AvgIpc) is 1.89. The molecule has 1 atom stereocenters. The first-order valence-corrected chi connectivity index (χ1v) is 3.89. The molecular formula is C6H9NOS. The normalized spacial score (nSPS) is 25.9. The maximum atomic E-state index is 10.8. The first-order valence-electron chi connectivity index (χ1n) is 2.95. The van der Waals surface area contributed by atoms with Crippen LogP contribution >= 0.6 is 11.8 Å². The topological polar surface area (TPSA) is 29.1 Å². The predicted octanol–water partition coefficient (Wildman–Crippen LogP) is 1.10. The summed E-state index contributed by atoms with van der Waals surface area (Å²) in [7, 11) is 0. The van der Waals surface area contributed by atoms with E-state index in [1.54, 1.807) is 18.0 Å². The summed E-state index contributed by atoms with van der Waals surface area (Å²) in [4.78, 5) is 10.8. The highest BCUT2D eigenvalue weighted by molar-refractivity contribution is 8.03. The molecule has 0 radical (unpaired) electrons. The third-order valence-corrected chi connectivity index (χ3v) is 2.37. The zero-order chi connectivity index (χ0) is 6.69. The van der Waals surface area contributed by atoms with Gasteiger partial charge < -0.3 is 5.32 Å². The number of rotatable bonds is 1. The van der Waals surface area contributed by atoms with E-state index in [0.717, 1.165) is 6.42 Å². The summed E-state index contributed by atoms with van der Waals surface area (Å²) in [5, 5.41) is 4.69. The Bertz CT molecular complexity index is 144. The van der Waals surface area contributed by atoms with Gasteiger partial charge in [0, 0.05) is 6.20 Å². The van der Waals surface area contributed by atoms with E-state index < -0.39 is 0 Å². The lowest BCUT2D eigenvalue weighted by Gasteiger charge is -2.13. The molecule has 0 saturated carbocycles. The standard InChI is InChI=1S/C6H9NOS/c1-2-5-6(8)7-3-4-9-5/h3-5H,2H2,1H3,(H,7,8)/t5-/m0/s1. The van der Waals surface area contributed by atoms with Crippen LogP contribution < -0.4 is 5.32 Å². The Morgan fingerprint density at radius 1 is 1.89 bits per heavy atom. The van der Waals surface area contributed by atoms with Gasteiger partial charge in [0.25, 0.3) is 0 Å². The van der Waals surface area contributed by atoms with Crippen molar-refractivity contribution in [2.24, 2.45) is 0 Å². The molecule has 2 nitrogen and oxygen atoms in total. The number of carbonyl (C=O) groups excluding carboxylic acids is 1. The van der Waals surface area contributed by atoms with Gasteiger partial charge in [-0.1, -0.05) is 6.92 Å². The summed E-state index contributed by atoms with van der Waals surface area (Å²) in [6.45, 7) is 2.01. The van der Waals surface area contributed by atoms with E-state index in [1.807, 2.05) is 12.3 Å². The maximum Gasteiger partial charge on any atom is 0.237 e. The van der Waals surface area contributed by atoms with Gasteiger partial charge in [0.05, 0.1) is 5.25 Å². The van der Waals surface area contributed by atoms with Gasteiger partial charge in [-0.3, -0.25) is 4.79 Å². The van der Waals surface area contributed by atoms with E-state index in [0.29, 0.717) is 0 Å². The first kappa shape index (κ1) is 6.68. The fourth-order valence-electron chi connectivity index (χ4n) is 0.687. The second-order valence-corrected chi connectivity index (χ2v) is 2.96. The molecule has 0 saturated heterocycles. The van der Waals surface area contributed by atoms with Crippen molar-refractivity contribution < 1.29 is 4.79 Å². The van der Waals surface area contributed by atoms with E-state index in [-0.39, 0.29) is 11.2 Å². The van der Waals surface area contributed by atoms with Crippen molar-refractivity contribution in [1.82, 2.24) is 5.32 Å².